The molecule has 4 heteroatoms. The molecular formula is C13H18O4. The van der Waals surface area contributed by atoms with Gasteiger partial charge >= 0.3 is 11.9 Å². The number of ether oxygens (including phenoxy) is 1. The lowest BCUT2D eigenvalue weighted by atomic mass is 10.2. The van der Waals surface area contributed by atoms with Gasteiger partial charge in [-0.1, -0.05) is 31.9 Å². The third-order valence-electron chi connectivity index (χ3n) is 1.38. The van der Waals surface area contributed by atoms with Crippen molar-refractivity contribution in [3.63, 3.8) is 0 Å². The van der Waals surface area contributed by atoms with Crippen LogP contribution in [0.1, 0.15) is 13.3 Å². The van der Waals surface area contributed by atoms with Crippen molar-refractivity contribution in [3.05, 3.63) is 49.6 Å². The first-order valence-corrected chi connectivity index (χ1v) is 4.82. The summed E-state index contributed by atoms with van der Waals surface area (Å²) in [7, 11) is 0. The Morgan fingerprint density at radius 2 is 1.71 bits per heavy atom. The molecule has 0 fully saturated rings. The summed E-state index contributed by atoms with van der Waals surface area (Å²) in [5, 5.41) is 7.89. The Bertz CT molecular complexity index is 314. The monoisotopic (exact) mass is 238 g/mol. The summed E-state index contributed by atoms with van der Waals surface area (Å²) >= 11 is 0. The molecule has 0 amide bonds. The Labute approximate surface area is 102 Å². The van der Waals surface area contributed by atoms with E-state index >= 15 is 0 Å². The maximum atomic E-state index is 10.9. The van der Waals surface area contributed by atoms with Gasteiger partial charge in [-0.15, -0.1) is 6.58 Å². The Hall–Kier alpha value is -2.10. The number of rotatable bonds is 6. The quantitative estimate of drug-likeness (QED) is 0.438. The maximum Gasteiger partial charge on any atom is 0.334 e. The van der Waals surface area contributed by atoms with E-state index in [2.05, 4.69) is 26.3 Å². The van der Waals surface area contributed by atoms with Crippen LogP contribution in [0.2, 0.25) is 0 Å². The average Bonchev–Trinajstić information content (AvgIpc) is 2.26. The zero-order chi connectivity index (χ0) is 13.8. The van der Waals surface area contributed by atoms with Crippen molar-refractivity contribution in [2.75, 3.05) is 6.61 Å². The first-order chi connectivity index (χ1) is 7.86. The van der Waals surface area contributed by atoms with E-state index in [0.717, 1.165) is 0 Å². The predicted octanol–water partition coefficient (Wildman–Crippen LogP) is 2.50. The van der Waals surface area contributed by atoms with Crippen LogP contribution >= 0.6 is 0 Å². The molecule has 1 N–H and O–H groups in total. The summed E-state index contributed by atoms with van der Waals surface area (Å²) in [4.78, 5) is 20.5. The van der Waals surface area contributed by atoms with Gasteiger partial charge in [0.2, 0.25) is 0 Å². The largest absolute Gasteiger partial charge is 0.478 e. The second kappa shape index (κ2) is 10.4. The number of hydrogen-bond donors (Lipinski definition) is 1. The third kappa shape index (κ3) is 11.8. The minimum absolute atomic E-state index is 0.176. The Balaban J connectivity index is 0. The van der Waals surface area contributed by atoms with E-state index in [1.807, 2.05) is 0 Å². The summed E-state index contributed by atoms with van der Waals surface area (Å²) in [6.45, 7) is 15.2. The number of aliphatic carboxylic acids is 1. The van der Waals surface area contributed by atoms with Crippen LogP contribution in [0, 0.1) is 0 Å². The number of carboxylic acid groups (broad SMARTS) is 1. The molecule has 0 aromatic carbocycles. The van der Waals surface area contributed by atoms with Crippen molar-refractivity contribution in [2.45, 2.75) is 13.3 Å². The number of carbonyl (C=O) groups is 2. The molecule has 0 aromatic heterocycles. The highest BCUT2D eigenvalue weighted by Gasteiger charge is 2.04. The molecular weight excluding hydrogens is 220 g/mol. The molecule has 4 nitrogen and oxygen atoms in total. The second-order valence-electron chi connectivity index (χ2n) is 3.07. The van der Waals surface area contributed by atoms with Crippen molar-refractivity contribution < 1.29 is 19.4 Å². The van der Waals surface area contributed by atoms with Crippen molar-refractivity contribution >= 4 is 11.9 Å². The molecule has 0 aliphatic heterocycles. The smallest absolute Gasteiger partial charge is 0.334 e. The van der Waals surface area contributed by atoms with Crippen LogP contribution < -0.4 is 0 Å². The van der Waals surface area contributed by atoms with E-state index in [0.29, 0.717) is 12.0 Å². The summed E-state index contributed by atoms with van der Waals surface area (Å²) in [5.74, 6) is -1.32. The number of esters is 1. The van der Waals surface area contributed by atoms with Crippen LogP contribution in [0.15, 0.2) is 49.6 Å². The first-order valence-electron chi connectivity index (χ1n) is 4.82. The fraction of sp³-hybridized carbons (Fsp3) is 0.231. The van der Waals surface area contributed by atoms with Gasteiger partial charge in [-0.05, 0) is 13.3 Å². The molecule has 0 unspecified atom stereocenters. The highest BCUT2D eigenvalue weighted by molar-refractivity contribution is 5.88. The SMILES string of the molecule is C=C(C)C(=O)O.C=CCOC(=O)C(=C)CC=C. The molecule has 17 heavy (non-hydrogen) atoms. The van der Waals surface area contributed by atoms with E-state index < -0.39 is 5.97 Å². The van der Waals surface area contributed by atoms with Gasteiger partial charge in [-0.2, -0.15) is 0 Å². The van der Waals surface area contributed by atoms with E-state index in [-0.39, 0.29) is 18.1 Å². The molecule has 0 saturated carbocycles. The van der Waals surface area contributed by atoms with E-state index in [4.69, 9.17) is 9.84 Å². The molecule has 0 atom stereocenters. The summed E-state index contributed by atoms with van der Waals surface area (Å²) in [6, 6.07) is 0. The van der Waals surface area contributed by atoms with Crippen LogP contribution in [-0.4, -0.2) is 23.7 Å². The molecule has 0 bridgehead atoms. The van der Waals surface area contributed by atoms with Gasteiger partial charge in [0.25, 0.3) is 0 Å². The van der Waals surface area contributed by atoms with Crippen LogP contribution in [0.4, 0.5) is 0 Å². The van der Waals surface area contributed by atoms with Gasteiger partial charge in [0.1, 0.15) is 6.61 Å². The zero-order valence-corrected chi connectivity index (χ0v) is 10.1. The van der Waals surface area contributed by atoms with Crippen molar-refractivity contribution in [1.82, 2.24) is 0 Å². The Kier molecular flexibility index (Phi) is 10.6. The molecule has 0 aliphatic carbocycles. The minimum Gasteiger partial charge on any atom is -0.478 e. The average molecular weight is 238 g/mol. The first kappa shape index (κ1) is 17.3. The van der Waals surface area contributed by atoms with Gasteiger partial charge in [-0.3, -0.25) is 0 Å². The van der Waals surface area contributed by atoms with Crippen LogP contribution in [0.25, 0.3) is 0 Å². The predicted molar refractivity (Wildman–Crippen MR) is 67.6 cm³/mol. The molecule has 0 spiro atoms. The van der Waals surface area contributed by atoms with Gasteiger partial charge < -0.3 is 9.84 Å². The highest BCUT2D eigenvalue weighted by Crippen LogP contribution is 2.00. The molecule has 0 saturated heterocycles. The standard InChI is InChI=1S/C9H12O2.C4H6O2/c1-4-6-8(3)9(10)11-7-5-2;1-3(2)4(5)6/h4-5H,1-3,6-7H2;1H2,2H3,(H,5,6). The lowest BCUT2D eigenvalue weighted by molar-refractivity contribution is -0.138. The molecule has 94 valence electrons. The molecule has 0 heterocycles. The number of carboxylic acids is 1. The minimum atomic E-state index is -0.935. The van der Waals surface area contributed by atoms with Crippen LogP contribution in [0.5, 0.6) is 0 Å². The van der Waals surface area contributed by atoms with Crippen molar-refractivity contribution in [2.24, 2.45) is 0 Å². The Morgan fingerprint density at radius 3 is 2.00 bits per heavy atom. The summed E-state index contributed by atoms with van der Waals surface area (Å²) in [6.07, 6.45) is 3.59. The topological polar surface area (TPSA) is 63.6 Å². The number of hydrogen-bond acceptors (Lipinski definition) is 3. The number of allylic oxidation sites excluding steroid dienone is 1. The molecule has 0 radical (unpaired) electrons. The van der Waals surface area contributed by atoms with Gasteiger partial charge in [0, 0.05) is 11.1 Å². The lowest BCUT2D eigenvalue weighted by Gasteiger charge is -2.01. The molecule has 0 aromatic rings. The van der Waals surface area contributed by atoms with Crippen LogP contribution in [-0.2, 0) is 14.3 Å². The van der Waals surface area contributed by atoms with Gasteiger partial charge in [-0.25, -0.2) is 9.59 Å². The van der Waals surface area contributed by atoms with Crippen molar-refractivity contribution in [3.8, 4) is 0 Å². The van der Waals surface area contributed by atoms with E-state index in [1.54, 1.807) is 6.08 Å². The second-order valence-corrected chi connectivity index (χ2v) is 3.07. The highest BCUT2D eigenvalue weighted by atomic mass is 16.5. The zero-order valence-electron chi connectivity index (χ0n) is 10.1. The fourth-order valence-electron chi connectivity index (χ4n) is 0.494. The molecule has 0 aliphatic rings. The van der Waals surface area contributed by atoms with Crippen molar-refractivity contribution in [1.29, 1.82) is 0 Å². The lowest BCUT2D eigenvalue weighted by Crippen LogP contribution is -2.06. The third-order valence-corrected chi connectivity index (χ3v) is 1.38. The summed E-state index contributed by atoms with van der Waals surface area (Å²) in [5.41, 5.74) is 0.594. The Morgan fingerprint density at radius 1 is 1.24 bits per heavy atom. The summed E-state index contributed by atoms with van der Waals surface area (Å²) < 4.78 is 4.70. The van der Waals surface area contributed by atoms with Crippen LogP contribution in [0.3, 0.4) is 0 Å². The molecule has 0 rings (SSSR count). The van der Waals surface area contributed by atoms with E-state index in [1.165, 1.54) is 13.0 Å². The maximum absolute atomic E-state index is 10.9. The van der Waals surface area contributed by atoms with Gasteiger partial charge in [0.05, 0.1) is 0 Å². The normalized spacial score (nSPS) is 8.06. The number of carbonyl (C=O) groups excluding carboxylic acids is 1. The van der Waals surface area contributed by atoms with E-state index in [9.17, 15) is 9.59 Å². The fourth-order valence-corrected chi connectivity index (χ4v) is 0.494. The van der Waals surface area contributed by atoms with Gasteiger partial charge in [0.15, 0.2) is 0 Å².